The zero-order valence-corrected chi connectivity index (χ0v) is 25.6. The highest BCUT2D eigenvalue weighted by atomic mass is 79.9. The first kappa shape index (κ1) is 28.6. The molecule has 0 spiro atoms. The summed E-state index contributed by atoms with van der Waals surface area (Å²) in [6.45, 7) is 3.09. The molecule has 1 aliphatic heterocycles. The predicted octanol–water partition coefficient (Wildman–Crippen LogP) is 6.61. The number of ether oxygens (including phenoxy) is 2. The lowest BCUT2D eigenvalue weighted by atomic mass is 9.99. The smallest absolute Gasteiger partial charge is 0.251 e. The first-order chi connectivity index (χ1) is 21.0. The van der Waals surface area contributed by atoms with E-state index in [4.69, 9.17) is 9.47 Å². The van der Waals surface area contributed by atoms with E-state index in [1.165, 1.54) is 11.1 Å². The molecule has 1 aromatic heterocycles. The summed E-state index contributed by atoms with van der Waals surface area (Å²) < 4.78 is 11.9. The van der Waals surface area contributed by atoms with Gasteiger partial charge in [0.1, 0.15) is 12.1 Å². The Balaban J connectivity index is 1.09. The van der Waals surface area contributed by atoms with Gasteiger partial charge in [-0.15, -0.1) is 0 Å². The van der Waals surface area contributed by atoms with E-state index in [-0.39, 0.29) is 5.91 Å². The minimum atomic E-state index is -0.0813. The second kappa shape index (κ2) is 12.8. The molecule has 4 aromatic carbocycles. The fourth-order valence-corrected chi connectivity index (χ4v) is 5.79. The number of anilines is 2. The van der Waals surface area contributed by atoms with Crippen LogP contribution < -0.4 is 20.1 Å². The number of hydrogen-bond acceptors (Lipinski definition) is 7. The fraction of sp³-hybridized carbons (Fsp3) is 0.206. The van der Waals surface area contributed by atoms with Crippen molar-refractivity contribution < 1.29 is 14.3 Å². The van der Waals surface area contributed by atoms with E-state index in [0.29, 0.717) is 12.1 Å². The number of rotatable bonds is 9. The molecule has 0 saturated carbocycles. The number of halogens is 1. The highest BCUT2D eigenvalue weighted by molar-refractivity contribution is 9.10. The number of amides is 1. The molecule has 6 rings (SSSR count). The summed E-state index contributed by atoms with van der Waals surface area (Å²) in [5.41, 5.74) is 6.95. The van der Waals surface area contributed by atoms with Crippen molar-refractivity contribution >= 4 is 44.2 Å². The van der Waals surface area contributed by atoms with Crippen molar-refractivity contribution in [1.82, 2.24) is 20.2 Å². The van der Waals surface area contributed by atoms with E-state index in [2.05, 4.69) is 59.6 Å². The maximum absolute atomic E-state index is 12.9. The second-order valence-corrected chi connectivity index (χ2v) is 11.2. The van der Waals surface area contributed by atoms with Gasteiger partial charge in [0.25, 0.3) is 5.91 Å². The van der Waals surface area contributed by atoms with Gasteiger partial charge in [-0.2, -0.15) is 0 Å². The van der Waals surface area contributed by atoms with Crippen LogP contribution >= 0.6 is 15.9 Å². The summed E-state index contributed by atoms with van der Waals surface area (Å²) in [6.07, 6.45) is 2.50. The average Bonchev–Trinajstić information content (AvgIpc) is 3.05. The lowest BCUT2D eigenvalue weighted by molar-refractivity contribution is 0.0947. The molecule has 0 radical (unpaired) electrons. The van der Waals surface area contributed by atoms with Crippen molar-refractivity contribution in [3.63, 3.8) is 0 Å². The minimum Gasteiger partial charge on any atom is -0.493 e. The normalized spacial score (nSPS) is 12.9. The molecule has 8 nitrogen and oxygen atoms in total. The topological polar surface area (TPSA) is 88.6 Å². The number of fused-ring (bicyclic) bond motifs is 2. The molecule has 218 valence electrons. The van der Waals surface area contributed by atoms with Crippen LogP contribution in [0.3, 0.4) is 0 Å². The van der Waals surface area contributed by atoms with E-state index < -0.39 is 0 Å². The van der Waals surface area contributed by atoms with E-state index in [1.807, 2.05) is 60.7 Å². The predicted molar refractivity (Wildman–Crippen MR) is 173 cm³/mol. The van der Waals surface area contributed by atoms with Gasteiger partial charge in [0, 0.05) is 41.6 Å². The van der Waals surface area contributed by atoms with E-state index in [9.17, 15) is 4.79 Å². The lowest BCUT2D eigenvalue weighted by Gasteiger charge is -2.29. The largest absolute Gasteiger partial charge is 0.493 e. The van der Waals surface area contributed by atoms with Crippen LogP contribution in [0.15, 0.2) is 89.7 Å². The van der Waals surface area contributed by atoms with Crippen LogP contribution in [-0.2, 0) is 13.0 Å². The molecule has 0 bridgehead atoms. The van der Waals surface area contributed by atoms with Gasteiger partial charge in [-0.1, -0.05) is 30.3 Å². The van der Waals surface area contributed by atoms with Crippen LogP contribution in [0.2, 0.25) is 0 Å². The highest BCUT2D eigenvalue weighted by Gasteiger charge is 2.19. The molecule has 1 amide bonds. The van der Waals surface area contributed by atoms with Crippen molar-refractivity contribution in [2.75, 3.05) is 39.2 Å². The summed E-state index contributed by atoms with van der Waals surface area (Å²) in [5.74, 6) is 2.16. The lowest BCUT2D eigenvalue weighted by Crippen LogP contribution is -2.37. The van der Waals surface area contributed by atoms with Gasteiger partial charge in [0.05, 0.1) is 25.4 Å². The minimum absolute atomic E-state index is 0.0813. The summed E-state index contributed by atoms with van der Waals surface area (Å²) >= 11 is 3.59. The number of aromatic nitrogens is 2. The molecule has 0 unspecified atom stereocenters. The van der Waals surface area contributed by atoms with Gasteiger partial charge in [0.15, 0.2) is 11.5 Å². The second-order valence-electron chi connectivity index (χ2n) is 10.4. The van der Waals surface area contributed by atoms with Crippen LogP contribution in [0, 0.1) is 0 Å². The highest BCUT2D eigenvalue weighted by Crippen LogP contribution is 2.33. The number of hydrogen-bond donors (Lipinski definition) is 2. The zero-order chi connectivity index (χ0) is 29.8. The fourth-order valence-electron chi connectivity index (χ4n) is 5.40. The molecule has 1 aliphatic rings. The van der Waals surface area contributed by atoms with Gasteiger partial charge in [0.2, 0.25) is 0 Å². The molecule has 0 atom stereocenters. The summed E-state index contributed by atoms with van der Waals surface area (Å²) in [7, 11) is 3.32. The Morgan fingerprint density at radius 1 is 0.907 bits per heavy atom. The summed E-state index contributed by atoms with van der Waals surface area (Å²) in [5, 5.41) is 7.40. The average molecular weight is 639 g/mol. The number of nitrogens with zero attached hydrogens (tertiary/aromatic N) is 3. The molecule has 5 aromatic rings. The Labute approximate surface area is 259 Å². The van der Waals surface area contributed by atoms with Crippen LogP contribution in [-0.4, -0.2) is 54.6 Å². The molecular formula is C34H32BrN5O3. The Kier molecular flexibility index (Phi) is 8.53. The van der Waals surface area contributed by atoms with Crippen LogP contribution in [0.25, 0.3) is 22.0 Å². The van der Waals surface area contributed by atoms with Crippen LogP contribution in [0.5, 0.6) is 11.5 Å². The van der Waals surface area contributed by atoms with E-state index in [1.54, 1.807) is 20.5 Å². The Morgan fingerprint density at radius 3 is 2.42 bits per heavy atom. The van der Waals surface area contributed by atoms with Gasteiger partial charge in [-0.25, -0.2) is 9.97 Å². The monoisotopic (exact) mass is 637 g/mol. The maximum Gasteiger partial charge on any atom is 0.251 e. The quantitative estimate of drug-likeness (QED) is 0.188. The van der Waals surface area contributed by atoms with Crippen LogP contribution in [0.1, 0.15) is 21.5 Å². The maximum atomic E-state index is 12.9. The summed E-state index contributed by atoms with van der Waals surface area (Å²) in [6, 6.07) is 25.8. The van der Waals surface area contributed by atoms with Gasteiger partial charge in [-0.3, -0.25) is 9.69 Å². The SMILES string of the molecule is COc1cc2c(cc1OC)CN(CCNC(=O)c1ccc(-c3ccc4ncnc(Nc5ccccc5Br)c4c3)cc1)CC2. The number of carbonyl (C=O) groups is 1. The molecule has 9 heteroatoms. The van der Waals surface area contributed by atoms with Gasteiger partial charge < -0.3 is 20.1 Å². The van der Waals surface area contributed by atoms with Crippen molar-refractivity contribution in [2.24, 2.45) is 0 Å². The molecular weight excluding hydrogens is 606 g/mol. The summed E-state index contributed by atoms with van der Waals surface area (Å²) in [4.78, 5) is 24.2. The third-order valence-corrected chi connectivity index (χ3v) is 8.44. The number of methoxy groups -OCH3 is 2. The van der Waals surface area contributed by atoms with Crippen molar-refractivity contribution in [3.05, 3.63) is 106 Å². The molecule has 2 N–H and O–H groups in total. The van der Waals surface area contributed by atoms with Gasteiger partial charge >= 0.3 is 0 Å². The molecule has 2 heterocycles. The number of carbonyl (C=O) groups excluding carboxylic acids is 1. The van der Waals surface area contributed by atoms with E-state index >= 15 is 0 Å². The van der Waals surface area contributed by atoms with E-state index in [0.717, 1.165) is 75.6 Å². The number of para-hydroxylation sites is 1. The standard InChI is InChI=1S/C34H32BrN5O3/c1-42-31-18-25-13-15-40(20-26(25)19-32(31)43-2)16-14-36-34(41)23-9-7-22(8-10-23)24-11-12-29-27(17-24)33(38-21-37-29)39-30-6-4-3-5-28(30)35/h3-12,17-19,21H,13-16,20H2,1-2H3,(H,36,41)(H,37,38,39). The first-order valence-corrected chi connectivity index (χ1v) is 14.9. The molecule has 0 aliphatic carbocycles. The zero-order valence-electron chi connectivity index (χ0n) is 24.1. The molecule has 0 saturated heterocycles. The Hall–Kier alpha value is -4.47. The third kappa shape index (κ3) is 6.33. The van der Waals surface area contributed by atoms with Crippen molar-refractivity contribution in [1.29, 1.82) is 0 Å². The number of nitrogens with one attached hydrogen (secondary N) is 2. The van der Waals surface area contributed by atoms with Crippen LogP contribution in [0.4, 0.5) is 11.5 Å². The third-order valence-electron chi connectivity index (χ3n) is 7.75. The van der Waals surface area contributed by atoms with Crippen molar-refractivity contribution in [2.45, 2.75) is 13.0 Å². The molecule has 0 fully saturated rings. The Bertz CT molecular complexity index is 1780. The Morgan fingerprint density at radius 2 is 1.65 bits per heavy atom. The van der Waals surface area contributed by atoms with Gasteiger partial charge in [-0.05, 0) is 93.1 Å². The first-order valence-electron chi connectivity index (χ1n) is 14.1. The molecule has 43 heavy (non-hydrogen) atoms. The number of benzene rings is 4. The van der Waals surface area contributed by atoms with Crippen molar-refractivity contribution in [3.8, 4) is 22.6 Å².